The smallest absolute Gasteiger partial charge is 0.309 e. The second-order valence-electron chi connectivity index (χ2n) is 5.69. The van der Waals surface area contributed by atoms with Crippen LogP contribution in [0, 0.1) is 23.7 Å². The summed E-state index contributed by atoms with van der Waals surface area (Å²) in [4.78, 5) is 11.7. The molecule has 2 saturated carbocycles. The maximum absolute atomic E-state index is 11.7. The van der Waals surface area contributed by atoms with Crippen LogP contribution in [-0.4, -0.2) is 12.1 Å². The third-order valence-corrected chi connectivity index (χ3v) is 4.92. The molecule has 1 aliphatic heterocycles. The summed E-state index contributed by atoms with van der Waals surface area (Å²) in [6.07, 6.45) is 8.10. The summed E-state index contributed by atoms with van der Waals surface area (Å²) in [7, 11) is 0. The van der Waals surface area contributed by atoms with Gasteiger partial charge >= 0.3 is 5.97 Å². The lowest BCUT2D eigenvalue weighted by Crippen LogP contribution is -2.35. The molecule has 1 heterocycles. The minimum Gasteiger partial charge on any atom is -0.462 e. The molecule has 1 saturated heterocycles. The minimum atomic E-state index is 0.0940. The zero-order valence-corrected chi connectivity index (χ0v) is 9.45. The molecule has 15 heavy (non-hydrogen) atoms. The first-order chi connectivity index (χ1) is 7.25. The van der Waals surface area contributed by atoms with E-state index in [1.54, 1.807) is 0 Å². The number of hydrogen-bond acceptors (Lipinski definition) is 2. The molecular formula is C13H20O2. The molecular weight excluding hydrogens is 188 g/mol. The molecule has 3 aliphatic rings. The maximum atomic E-state index is 11.7. The Bertz CT molecular complexity index is 274. The molecule has 2 heteroatoms. The number of cyclic esters (lactones) is 1. The third-order valence-electron chi connectivity index (χ3n) is 4.92. The van der Waals surface area contributed by atoms with Crippen LogP contribution < -0.4 is 0 Å². The molecule has 0 N–H and O–H groups in total. The Hall–Kier alpha value is -0.530. The van der Waals surface area contributed by atoms with E-state index in [9.17, 15) is 4.79 Å². The monoisotopic (exact) mass is 208 g/mol. The van der Waals surface area contributed by atoms with Gasteiger partial charge in [0.05, 0.1) is 5.92 Å². The van der Waals surface area contributed by atoms with Gasteiger partial charge in [-0.15, -0.1) is 0 Å². The van der Waals surface area contributed by atoms with Crippen LogP contribution in [0.5, 0.6) is 0 Å². The van der Waals surface area contributed by atoms with Crippen LogP contribution in [0.4, 0.5) is 0 Å². The summed E-state index contributed by atoms with van der Waals surface area (Å²) in [5.74, 6) is 2.61. The van der Waals surface area contributed by atoms with Crippen LogP contribution in [0.25, 0.3) is 0 Å². The van der Waals surface area contributed by atoms with Crippen LogP contribution in [0.3, 0.4) is 0 Å². The lowest BCUT2D eigenvalue weighted by atomic mass is 9.63. The Morgan fingerprint density at radius 3 is 2.53 bits per heavy atom. The molecule has 3 fully saturated rings. The van der Waals surface area contributed by atoms with Crippen LogP contribution >= 0.6 is 0 Å². The van der Waals surface area contributed by atoms with Crippen molar-refractivity contribution < 1.29 is 9.53 Å². The molecule has 5 atom stereocenters. The van der Waals surface area contributed by atoms with Crippen LogP contribution in [0.15, 0.2) is 0 Å². The van der Waals surface area contributed by atoms with Gasteiger partial charge in [0, 0.05) is 5.92 Å². The first-order valence-electron chi connectivity index (χ1n) is 6.46. The fraction of sp³-hybridized carbons (Fsp3) is 0.923. The largest absolute Gasteiger partial charge is 0.462 e. The van der Waals surface area contributed by atoms with E-state index in [1.165, 1.54) is 32.1 Å². The average Bonchev–Trinajstić information content (AvgIpc) is 2.52. The number of hydrogen-bond donors (Lipinski definition) is 0. The normalized spacial score (nSPS) is 49.4. The molecule has 2 nitrogen and oxygen atoms in total. The first-order valence-corrected chi connectivity index (χ1v) is 6.46. The highest BCUT2D eigenvalue weighted by atomic mass is 16.6. The van der Waals surface area contributed by atoms with E-state index >= 15 is 0 Å². The Kier molecular flexibility index (Phi) is 2.26. The number of esters is 1. The minimum absolute atomic E-state index is 0.0940. The number of ether oxygens (including phenoxy) is 1. The van der Waals surface area contributed by atoms with Crippen molar-refractivity contribution in [2.24, 2.45) is 23.7 Å². The van der Waals surface area contributed by atoms with E-state index < -0.39 is 0 Å². The summed E-state index contributed by atoms with van der Waals surface area (Å²) >= 11 is 0. The van der Waals surface area contributed by atoms with E-state index in [0.717, 1.165) is 18.3 Å². The van der Waals surface area contributed by atoms with Gasteiger partial charge in [0.25, 0.3) is 0 Å². The van der Waals surface area contributed by atoms with Gasteiger partial charge in [0.2, 0.25) is 0 Å². The van der Waals surface area contributed by atoms with Crippen molar-refractivity contribution in [2.75, 3.05) is 0 Å². The van der Waals surface area contributed by atoms with Crippen LogP contribution in [0.2, 0.25) is 0 Å². The third kappa shape index (κ3) is 1.49. The first kappa shape index (κ1) is 9.68. The Labute approximate surface area is 91.4 Å². The quantitative estimate of drug-likeness (QED) is 0.572. The molecule has 2 aliphatic carbocycles. The Morgan fingerprint density at radius 1 is 1.13 bits per heavy atom. The second-order valence-corrected chi connectivity index (χ2v) is 5.69. The zero-order valence-electron chi connectivity index (χ0n) is 9.45. The summed E-state index contributed by atoms with van der Waals surface area (Å²) in [6, 6.07) is 0. The summed E-state index contributed by atoms with van der Waals surface area (Å²) in [6.45, 7) is 2.08. The van der Waals surface area contributed by atoms with Gasteiger partial charge in [-0.25, -0.2) is 0 Å². The fourth-order valence-electron chi connectivity index (χ4n) is 4.07. The molecule has 84 valence electrons. The highest BCUT2D eigenvalue weighted by Crippen LogP contribution is 2.49. The van der Waals surface area contributed by atoms with Gasteiger partial charge in [-0.2, -0.15) is 0 Å². The van der Waals surface area contributed by atoms with Gasteiger partial charge in [-0.05, 0) is 31.6 Å². The number of fused-ring (bicyclic) bond motifs is 2. The SMILES string of the molecule is C[C@H]1OC(=O)[C@@H]2C[C@@H]3CCCC[C@H]3C[C@H]12. The highest BCUT2D eigenvalue weighted by molar-refractivity contribution is 5.75. The van der Waals surface area contributed by atoms with E-state index in [-0.39, 0.29) is 18.0 Å². The van der Waals surface area contributed by atoms with Crippen molar-refractivity contribution in [3.05, 3.63) is 0 Å². The van der Waals surface area contributed by atoms with Gasteiger partial charge in [0.15, 0.2) is 0 Å². The van der Waals surface area contributed by atoms with Crippen molar-refractivity contribution >= 4 is 5.97 Å². The van der Waals surface area contributed by atoms with Crippen molar-refractivity contribution in [1.29, 1.82) is 0 Å². The molecule has 0 bridgehead atoms. The summed E-state index contributed by atoms with van der Waals surface area (Å²) in [5, 5.41) is 0. The van der Waals surface area contributed by atoms with Crippen LogP contribution in [-0.2, 0) is 9.53 Å². The molecule has 3 rings (SSSR count). The van der Waals surface area contributed by atoms with Crippen molar-refractivity contribution in [1.82, 2.24) is 0 Å². The van der Waals surface area contributed by atoms with Gasteiger partial charge < -0.3 is 4.74 Å². The van der Waals surface area contributed by atoms with Crippen molar-refractivity contribution in [3.63, 3.8) is 0 Å². The summed E-state index contributed by atoms with van der Waals surface area (Å²) in [5.41, 5.74) is 0. The fourth-order valence-corrected chi connectivity index (χ4v) is 4.07. The summed E-state index contributed by atoms with van der Waals surface area (Å²) < 4.78 is 5.38. The average molecular weight is 208 g/mol. The van der Waals surface area contributed by atoms with Crippen LogP contribution in [0.1, 0.15) is 45.4 Å². The van der Waals surface area contributed by atoms with Crippen molar-refractivity contribution in [2.45, 2.75) is 51.6 Å². The van der Waals surface area contributed by atoms with Gasteiger partial charge in [0.1, 0.15) is 6.10 Å². The number of rotatable bonds is 0. The second kappa shape index (κ2) is 3.50. The lowest BCUT2D eigenvalue weighted by Gasteiger charge is -2.40. The van der Waals surface area contributed by atoms with E-state index in [1.807, 2.05) is 0 Å². The topological polar surface area (TPSA) is 26.3 Å². The Balaban J connectivity index is 1.78. The molecule has 0 aromatic rings. The number of carbonyl (C=O) groups excluding carboxylic acids is 1. The predicted molar refractivity (Wildman–Crippen MR) is 57.2 cm³/mol. The lowest BCUT2D eigenvalue weighted by molar-refractivity contribution is -0.144. The number of carbonyl (C=O) groups is 1. The molecule has 0 radical (unpaired) electrons. The van der Waals surface area contributed by atoms with Gasteiger partial charge in [-0.1, -0.05) is 25.7 Å². The molecule has 0 aromatic heterocycles. The highest BCUT2D eigenvalue weighted by Gasteiger charge is 2.48. The van der Waals surface area contributed by atoms with Gasteiger partial charge in [-0.3, -0.25) is 4.79 Å². The standard InChI is InChI=1S/C13H20O2/c1-8-11-6-9-4-2-3-5-10(9)7-12(11)13(14)15-8/h8-12H,2-7H2,1H3/t8-,9+,10+,11-,12-/m1/s1. The maximum Gasteiger partial charge on any atom is 0.309 e. The molecule has 0 amide bonds. The zero-order chi connectivity index (χ0) is 10.4. The predicted octanol–water partition coefficient (Wildman–Crippen LogP) is 2.76. The molecule has 0 spiro atoms. The van der Waals surface area contributed by atoms with Crippen molar-refractivity contribution in [3.8, 4) is 0 Å². The molecule has 0 aromatic carbocycles. The molecule has 0 unspecified atom stereocenters. The Morgan fingerprint density at radius 2 is 1.80 bits per heavy atom. The van der Waals surface area contributed by atoms with E-state index in [4.69, 9.17) is 4.74 Å². The van der Waals surface area contributed by atoms with E-state index in [2.05, 4.69) is 6.92 Å². The van der Waals surface area contributed by atoms with E-state index in [0.29, 0.717) is 5.92 Å².